The molecule has 0 heterocycles. The number of anilines is 1. The molecular weight excluding hydrogens is 280 g/mol. The Morgan fingerprint density at radius 3 is 2.35 bits per heavy atom. The highest BCUT2D eigenvalue weighted by molar-refractivity contribution is 7.89. The van der Waals surface area contributed by atoms with Gasteiger partial charge in [-0.25, -0.2) is 17.9 Å². The molecule has 1 aromatic rings. The fourth-order valence-corrected chi connectivity index (χ4v) is 3.50. The summed E-state index contributed by atoms with van der Waals surface area (Å²) in [6, 6.07) is 3.72. The Labute approximate surface area is 119 Å². The number of benzene rings is 1. The lowest BCUT2D eigenvalue weighted by molar-refractivity contribution is 0.0692. The number of carboxylic acids is 1. The minimum Gasteiger partial charge on any atom is -0.478 e. The molecule has 0 spiro atoms. The number of hydrogen-bond donors (Lipinski definition) is 3. The number of nitrogen functional groups attached to an aromatic ring is 1. The monoisotopic (exact) mass is 300 g/mol. The summed E-state index contributed by atoms with van der Waals surface area (Å²) in [5.74, 6) is -1.31. The van der Waals surface area contributed by atoms with E-state index in [1.165, 1.54) is 12.1 Å². The van der Waals surface area contributed by atoms with Gasteiger partial charge >= 0.3 is 5.97 Å². The average Bonchev–Trinajstić information content (AvgIpc) is 2.37. The molecule has 20 heavy (non-hydrogen) atoms. The largest absolute Gasteiger partial charge is 0.478 e. The number of carboxylic acid groups (broad SMARTS) is 1. The Morgan fingerprint density at radius 1 is 1.35 bits per heavy atom. The van der Waals surface area contributed by atoms with Gasteiger partial charge in [0.15, 0.2) is 0 Å². The fourth-order valence-electron chi connectivity index (χ4n) is 1.71. The maximum absolute atomic E-state index is 12.4. The molecule has 1 rings (SSSR count). The van der Waals surface area contributed by atoms with Crippen LogP contribution in [0.2, 0.25) is 0 Å². The quantitative estimate of drug-likeness (QED) is 0.694. The van der Waals surface area contributed by atoms with Crippen LogP contribution in [0.25, 0.3) is 0 Å². The van der Waals surface area contributed by atoms with E-state index in [2.05, 4.69) is 4.72 Å². The molecule has 0 amide bonds. The van der Waals surface area contributed by atoms with Crippen molar-refractivity contribution >= 4 is 21.7 Å². The number of hydrogen-bond acceptors (Lipinski definition) is 4. The lowest BCUT2D eigenvalue weighted by Crippen LogP contribution is -2.45. The molecule has 6 nitrogen and oxygen atoms in total. The van der Waals surface area contributed by atoms with Crippen LogP contribution in [0, 0.1) is 0 Å². The number of carbonyl (C=O) groups is 1. The molecule has 0 saturated carbocycles. The van der Waals surface area contributed by atoms with Crippen molar-refractivity contribution in [3.8, 4) is 0 Å². The molecule has 0 aromatic heterocycles. The molecule has 0 atom stereocenters. The molecule has 7 heteroatoms. The third-order valence-electron chi connectivity index (χ3n) is 3.47. The van der Waals surface area contributed by atoms with Crippen LogP contribution in [0.15, 0.2) is 23.1 Å². The van der Waals surface area contributed by atoms with Crippen LogP contribution in [-0.4, -0.2) is 25.0 Å². The first-order valence-electron chi connectivity index (χ1n) is 6.32. The lowest BCUT2D eigenvalue weighted by atomic mass is 9.98. The van der Waals surface area contributed by atoms with Crippen molar-refractivity contribution in [3.05, 3.63) is 23.8 Å². The van der Waals surface area contributed by atoms with Crippen molar-refractivity contribution in [2.75, 3.05) is 5.73 Å². The normalized spacial score (nSPS) is 12.3. The Hall–Kier alpha value is -1.60. The summed E-state index contributed by atoms with van der Waals surface area (Å²) in [6.07, 6.45) is 1.18. The van der Waals surface area contributed by atoms with E-state index < -0.39 is 21.5 Å². The standard InChI is InChI=1S/C13H20N2O4S/c1-4-13(3,5-2)15-20(18,19)11-8-9(14)6-7-10(11)12(16)17/h6-8,15H,4-5,14H2,1-3H3,(H,16,17). The second kappa shape index (κ2) is 5.80. The SMILES string of the molecule is CCC(C)(CC)NS(=O)(=O)c1cc(N)ccc1C(=O)O. The first-order valence-corrected chi connectivity index (χ1v) is 7.80. The zero-order valence-corrected chi connectivity index (χ0v) is 12.6. The van der Waals surface area contributed by atoms with E-state index in [0.29, 0.717) is 12.8 Å². The molecule has 0 radical (unpaired) electrons. The summed E-state index contributed by atoms with van der Waals surface area (Å²) >= 11 is 0. The topological polar surface area (TPSA) is 109 Å². The van der Waals surface area contributed by atoms with E-state index in [9.17, 15) is 13.2 Å². The molecule has 112 valence electrons. The van der Waals surface area contributed by atoms with Gasteiger partial charge in [-0.3, -0.25) is 0 Å². The fraction of sp³-hybridized carbons (Fsp3) is 0.462. The molecular formula is C13H20N2O4S. The van der Waals surface area contributed by atoms with Crippen LogP contribution in [0.1, 0.15) is 44.0 Å². The highest BCUT2D eigenvalue weighted by atomic mass is 32.2. The highest BCUT2D eigenvalue weighted by Crippen LogP contribution is 2.23. The molecule has 0 aliphatic carbocycles. The van der Waals surface area contributed by atoms with E-state index in [1.807, 2.05) is 13.8 Å². The second-order valence-electron chi connectivity index (χ2n) is 4.93. The molecule has 0 saturated heterocycles. The van der Waals surface area contributed by atoms with E-state index in [0.717, 1.165) is 6.07 Å². The van der Waals surface area contributed by atoms with Gasteiger partial charge in [-0.15, -0.1) is 0 Å². The van der Waals surface area contributed by atoms with Crippen LogP contribution in [-0.2, 0) is 10.0 Å². The smallest absolute Gasteiger partial charge is 0.337 e. The molecule has 0 aliphatic rings. The zero-order valence-electron chi connectivity index (χ0n) is 11.8. The first-order chi connectivity index (χ1) is 9.15. The van der Waals surface area contributed by atoms with E-state index >= 15 is 0 Å². The second-order valence-corrected chi connectivity index (χ2v) is 6.58. The summed E-state index contributed by atoms with van der Waals surface area (Å²) in [6.45, 7) is 5.50. The Morgan fingerprint density at radius 2 is 1.90 bits per heavy atom. The van der Waals surface area contributed by atoms with Crippen molar-refractivity contribution in [2.45, 2.75) is 44.0 Å². The predicted molar refractivity (Wildman–Crippen MR) is 77.1 cm³/mol. The summed E-state index contributed by atoms with van der Waals surface area (Å²) in [7, 11) is -3.95. The average molecular weight is 300 g/mol. The van der Waals surface area contributed by atoms with Gasteiger partial charge in [0.1, 0.15) is 0 Å². The summed E-state index contributed by atoms with van der Waals surface area (Å²) in [5.41, 5.74) is 4.85. The molecule has 1 aromatic carbocycles. The Bertz CT molecular complexity index is 607. The number of rotatable bonds is 6. The van der Waals surface area contributed by atoms with Crippen LogP contribution >= 0.6 is 0 Å². The van der Waals surface area contributed by atoms with Crippen molar-refractivity contribution in [2.24, 2.45) is 0 Å². The minimum atomic E-state index is -3.95. The van der Waals surface area contributed by atoms with Crippen LogP contribution in [0.3, 0.4) is 0 Å². The highest BCUT2D eigenvalue weighted by Gasteiger charge is 2.30. The van der Waals surface area contributed by atoms with Crippen LogP contribution in [0.4, 0.5) is 5.69 Å². The van der Waals surface area contributed by atoms with Gasteiger partial charge in [-0.1, -0.05) is 13.8 Å². The van der Waals surface area contributed by atoms with E-state index in [-0.39, 0.29) is 16.1 Å². The van der Waals surface area contributed by atoms with Crippen molar-refractivity contribution in [1.82, 2.24) is 4.72 Å². The van der Waals surface area contributed by atoms with Gasteiger partial charge in [0.2, 0.25) is 10.0 Å². The molecule has 0 fully saturated rings. The summed E-state index contributed by atoms with van der Waals surface area (Å²) < 4.78 is 27.4. The number of nitrogens with two attached hydrogens (primary N) is 1. The van der Waals surface area contributed by atoms with Gasteiger partial charge in [0, 0.05) is 11.2 Å². The van der Waals surface area contributed by atoms with Gasteiger partial charge in [-0.2, -0.15) is 0 Å². The molecule has 4 N–H and O–H groups in total. The number of sulfonamides is 1. The molecule has 0 bridgehead atoms. The van der Waals surface area contributed by atoms with Gasteiger partial charge in [0.05, 0.1) is 10.5 Å². The van der Waals surface area contributed by atoms with Gasteiger partial charge < -0.3 is 10.8 Å². The maximum atomic E-state index is 12.4. The first kappa shape index (κ1) is 16.5. The predicted octanol–water partition coefficient (Wildman–Crippen LogP) is 1.82. The number of aromatic carboxylic acids is 1. The van der Waals surface area contributed by atoms with E-state index in [1.54, 1.807) is 6.92 Å². The third kappa shape index (κ3) is 3.49. The third-order valence-corrected chi connectivity index (χ3v) is 5.15. The lowest BCUT2D eigenvalue weighted by Gasteiger charge is -2.28. The van der Waals surface area contributed by atoms with Crippen molar-refractivity contribution in [1.29, 1.82) is 0 Å². The van der Waals surface area contributed by atoms with E-state index in [4.69, 9.17) is 10.8 Å². The van der Waals surface area contributed by atoms with Crippen molar-refractivity contribution < 1.29 is 18.3 Å². The van der Waals surface area contributed by atoms with Crippen LogP contribution in [0.5, 0.6) is 0 Å². The Kier molecular flexibility index (Phi) is 4.77. The number of nitrogens with one attached hydrogen (secondary N) is 1. The minimum absolute atomic E-state index is 0.199. The van der Waals surface area contributed by atoms with Gasteiger partial charge in [0.25, 0.3) is 0 Å². The summed E-state index contributed by atoms with van der Waals surface area (Å²) in [4.78, 5) is 10.8. The van der Waals surface area contributed by atoms with Crippen LogP contribution < -0.4 is 10.5 Å². The van der Waals surface area contributed by atoms with Crippen molar-refractivity contribution in [3.63, 3.8) is 0 Å². The maximum Gasteiger partial charge on any atom is 0.337 e. The Balaban J connectivity index is 3.35. The molecule has 0 unspecified atom stereocenters. The molecule has 0 aliphatic heterocycles. The summed E-state index contributed by atoms with van der Waals surface area (Å²) in [5, 5.41) is 9.10. The zero-order chi connectivity index (χ0) is 15.6. The van der Waals surface area contributed by atoms with Gasteiger partial charge in [-0.05, 0) is 38.0 Å².